The number of rotatable bonds is 5. The fourth-order valence-corrected chi connectivity index (χ4v) is 3.58. The highest BCUT2D eigenvalue weighted by molar-refractivity contribution is 8.00. The quantitative estimate of drug-likeness (QED) is 0.758. The van der Waals surface area contributed by atoms with E-state index < -0.39 is 0 Å². The van der Waals surface area contributed by atoms with Gasteiger partial charge in [-0.05, 0) is 31.0 Å². The van der Waals surface area contributed by atoms with Crippen LogP contribution in [0.5, 0.6) is 5.75 Å². The van der Waals surface area contributed by atoms with E-state index in [-0.39, 0.29) is 5.78 Å². The molecule has 1 aliphatic rings. The molecule has 0 heterocycles. The van der Waals surface area contributed by atoms with Crippen LogP contribution in [0.1, 0.15) is 36.0 Å². The third kappa shape index (κ3) is 3.42. The number of benzene rings is 1. The average molecular weight is 285 g/mol. The smallest absolute Gasteiger partial charge is 0.172 e. The first kappa shape index (κ1) is 13.8. The number of thioether (sulfide) groups is 1. The van der Waals surface area contributed by atoms with Crippen molar-refractivity contribution < 1.29 is 9.53 Å². The van der Waals surface area contributed by atoms with E-state index in [1.54, 1.807) is 37.1 Å². The van der Waals surface area contributed by atoms with Crippen molar-refractivity contribution in [3.05, 3.63) is 28.8 Å². The second-order valence-electron chi connectivity index (χ2n) is 4.49. The van der Waals surface area contributed by atoms with Crippen LogP contribution in [0.3, 0.4) is 0 Å². The lowest BCUT2D eigenvalue weighted by Crippen LogP contribution is -2.06. The summed E-state index contributed by atoms with van der Waals surface area (Å²) in [5, 5.41) is 1.21. The molecule has 0 unspecified atom stereocenters. The number of methoxy groups -OCH3 is 1. The van der Waals surface area contributed by atoms with E-state index in [2.05, 4.69) is 0 Å². The Morgan fingerprint density at radius 2 is 2.17 bits per heavy atom. The molecule has 0 bridgehead atoms. The molecule has 1 aromatic carbocycles. The molecule has 4 heteroatoms. The van der Waals surface area contributed by atoms with E-state index in [9.17, 15) is 4.79 Å². The van der Waals surface area contributed by atoms with Gasteiger partial charge in [0.2, 0.25) is 0 Å². The van der Waals surface area contributed by atoms with E-state index in [4.69, 9.17) is 16.3 Å². The molecule has 1 aromatic rings. The summed E-state index contributed by atoms with van der Waals surface area (Å²) in [6, 6.07) is 5.20. The Kier molecular flexibility index (Phi) is 4.95. The van der Waals surface area contributed by atoms with E-state index in [0.717, 1.165) is 0 Å². The monoisotopic (exact) mass is 284 g/mol. The summed E-state index contributed by atoms with van der Waals surface area (Å²) in [5.41, 5.74) is 0.682. The van der Waals surface area contributed by atoms with Crippen LogP contribution in [0.4, 0.5) is 0 Å². The largest absolute Gasteiger partial charge is 0.495 e. The van der Waals surface area contributed by atoms with Crippen molar-refractivity contribution in [1.29, 1.82) is 0 Å². The third-order valence-corrected chi connectivity index (χ3v) is 4.91. The van der Waals surface area contributed by atoms with Gasteiger partial charge in [-0.25, -0.2) is 0 Å². The molecule has 0 aromatic heterocycles. The zero-order valence-electron chi connectivity index (χ0n) is 10.4. The summed E-state index contributed by atoms with van der Waals surface area (Å²) in [5.74, 6) is 1.27. The van der Waals surface area contributed by atoms with Crippen molar-refractivity contribution in [3.8, 4) is 5.75 Å². The van der Waals surface area contributed by atoms with E-state index >= 15 is 0 Å². The predicted octanol–water partition coefficient (Wildman–Crippen LogP) is 4.21. The van der Waals surface area contributed by atoms with E-state index in [1.807, 2.05) is 0 Å². The van der Waals surface area contributed by atoms with Crippen molar-refractivity contribution in [2.75, 3.05) is 12.9 Å². The highest BCUT2D eigenvalue weighted by Gasteiger charge is 2.17. The van der Waals surface area contributed by atoms with Crippen LogP contribution in [0.25, 0.3) is 0 Å². The first-order valence-electron chi connectivity index (χ1n) is 6.19. The van der Waals surface area contributed by atoms with Gasteiger partial charge < -0.3 is 4.74 Å². The van der Waals surface area contributed by atoms with Gasteiger partial charge in [-0.1, -0.05) is 24.4 Å². The number of hydrogen-bond acceptors (Lipinski definition) is 3. The van der Waals surface area contributed by atoms with Crippen molar-refractivity contribution in [3.63, 3.8) is 0 Å². The SMILES string of the molecule is COc1cc(C(=O)CSC2CCCC2)ccc1Cl. The highest BCUT2D eigenvalue weighted by atomic mass is 35.5. The van der Waals surface area contributed by atoms with Gasteiger partial charge in [0.05, 0.1) is 17.9 Å². The maximum atomic E-state index is 12.1. The summed E-state index contributed by atoms with van der Waals surface area (Å²) in [4.78, 5) is 12.1. The standard InChI is InChI=1S/C14H17ClO2S/c1-17-14-8-10(6-7-12(14)15)13(16)9-18-11-4-2-3-5-11/h6-8,11H,2-5,9H2,1H3. The molecule has 0 saturated heterocycles. The summed E-state index contributed by atoms with van der Waals surface area (Å²) in [6.45, 7) is 0. The molecule has 2 nitrogen and oxygen atoms in total. The zero-order valence-corrected chi connectivity index (χ0v) is 12.0. The molecule has 1 fully saturated rings. The van der Waals surface area contributed by atoms with Crippen LogP contribution in [-0.4, -0.2) is 23.9 Å². The molecule has 0 radical (unpaired) electrons. The van der Waals surface area contributed by atoms with Gasteiger partial charge in [0.15, 0.2) is 5.78 Å². The molecule has 0 spiro atoms. The Hall–Kier alpha value is -0.670. The number of carbonyl (C=O) groups excluding carboxylic acids is 1. The summed E-state index contributed by atoms with van der Waals surface area (Å²) >= 11 is 7.72. The molecule has 2 rings (SSSR count). The second-order valence-corrected chi connectivity index (χ2v) is 6.19. The second kappa shape index (κ2) is 6.48. The number of ether oxygens (including phenoxy) is 1. The molecular formula is C14H17ClO2S. The van der Waals surface area contributed by atoms with Crippen molar-refractivity contribution in [1.82, 2.24) is 0 Å². The predicted molar refractivity (Wildman–Crippen MR) is 77.0 cm³/mol. The fraction of sp³-hybridized carbons (Fsp3) is 0.500. The lowest BCUT2D eigenvalue weighted by molar-refractivity contribution is 0.102. The normalized spacial score (nSPS) is 15.9. The lowest BCUT2D eigenvalue weighted by Gasteiger charge is -2.09. The van der Waals surface area contributed by atoms with Crippen LogP contribution in [0.15, 0.2) is 18.2 Å². The Bertz CT molecular complexity index is 428. The van der Waals surface area contributed by atoms with Gasteiger partial charge in [0.1, 0.15) is 5.75 Å². The van der Waals surface area contributed by atoms with Gasteiger partial charge in [0, 0.05) is 10.8 Å². The number of halogens is 1. The molecule has 1 aliphatic carbocycles. The van der Waals surface area contributed by atoms with Crippen molar-refractivity contribution >= 4 is 29.1 Å². The maximum absolute atomic E-state index is 12.1. The molecule has 0 aliphatic heterocycles. The number of ketones is 1. The van der Waals surface area contributed by atoms with Crippen LogP contribution >= 0.6 is 23.4 Å². The van der Waals surface area contributed by atoms with Crippen molar-refractivity contribution in [2.45, 2.75) is 30.9 Å². The van der Waals surface area contributed by atoms with Gasteiger partial charge in [0.25, 0.3) is 0 Å². The fourth-order valence-electron chi connectivity index (χ4n) is 2.17. The van der Waals surface area contributed by atoms with Gasteiger partial charge in [-0.15, -0.1) is 0 Å². The molecule has 0 N–H and O–H groups in total. The van der Waals surface area contributed by atoms with Crippen LogP contribution in [-0.2, 0) is 0 Å². The average Bonchev–Trinajstić information content (AvgIpc) is 2.89. The Morgan fingerprint density at radius 3 is 2.83 bits per heavy atom. The number of Topliss-reactive ketones (excluding diaryl/α,β-unsaturated/α-hetero) is 1. The minimum atomic E-state index is 0.155. The summed E-state index contributed by atoms with van der Waals surface area (Å²) in [6.07, 6.45) is 5.12. The van der Waals surface area contributed by atoms with Gasteiger partial charge in [-0.2, -0.15) is 11.8 Å². The molecule has 18 heavy (non-hydrogen) atoms. The maximum Gasteiger partial charge on any atom is 0.172 e. The molecular weight excluding hydrogens is 268 g/mol. The molecule has 0 amide bonds. The minimum Gasteiger partial charge on any atom is -0.495 e. The summed E-state index contributed by atoms with van der Waals surface area (Å²) < 4.78 is 5.12. The van der Waals surface area contributed by atoms with Crippen molar-refractivity contribution in [2.24, 2.45) is 0 Å². The lowest BCUT2D eigenvalue weighted by atomic mass is 10.1. The highest BCUT2D eigenvalue weighted by Crippen LogP contribution is 2.30. The first-order chi connectivity index (χ1) is 8.70. The van der Waals surface area contributed by atoms with Gasteiger partial charge >= 0.3 is 0 Å². The van der Waals surface area contributed by atoms with E-state index in [0.29, 0.717) is 27.3 Å². The van der Waals surface area contributed by atoms with Crippen LogP contribution < -0.4 is 4.74 Å². The first-order valence-corrected chi connectivity index (χ1v) is 7.61. The van der Waals surface area contributed by atoms with Crippen LogP contribution in [0, 0.1) is 0 Å². The van der Waals surface area contributed by atoms with Crippen LogP contribution in [0.2, 0.25) is 5.02 Å². The minimum absolute atomic E-state index is 0.155. The molecule has 98 valence electrons. The number of carbonyl (C=O) groups is 1. The zero-order chi connectivity index (χ0) is 13.0. The number of hydrogen-bond donors (Lipinski definition) is 0. The Morgan fingerprint density at radius 1 is 1.44 bits per heavy atom. The summed E-state index contributed by atoms with van der Waals surface area (Å²) in [7, 11) is 1.56. The third-order valence-electron chi connectivity index (χ3n) is 3.23. The Balaban J connectivity index is 1.95. The Labute approximate surface area is 117 Å². The molecule has 0 atom stereocenters. The van der Waals surface area contributed by atoms with Gasteiger partial charge in [-0.3, -0.25) is 4.79 Å². The molecule has 1 saturated carbocycles. The van der Waals surface area contributed by atoms with E-state index in [1.165, 1.54) is 25.7 Å². The topological polar surface area (TPSA) is 26.3 Å².